The quantitative estimate of drug-likeness (QED) is 0.585. The highest BCUT2D eigenvalue weighted by Gasteiger charge is 2.32. The molecule has 2 heterocycles. The minimum atomic E-state index is -0.454. The van der Waals surface area contributed by atoms with Crippen LogP contribution in [-0.2, 0) is 4.79 Å². The maximum Gasteiger partial charge on any atom is 0.264 e. The van der Waals surface area contributed by atoms with E-state index in [-0.39, 0.29) is 11.8 Å². The molecule has 0 aliphatic carbocycles. The molecule has 1 N–H and O–H groups in total. The van der Waals surface area contributed by atoms with Gasteiger partial charge < -0.3 is 15.0 Å². The molecule has 0 radical (unpaired) electrons. The van der Waals surface area contributed by atoms with Gasteiger partial charge in [-0.3, -0.25) is 14.5 Å². The van der Waals surface area contributed by atoms with Gasteiger partial charge in [0.15, 0.2) is 0 Å². The van der Waals surface area contributed by atoms with Crippen LogP contribution in [0.4, 0.5) is 5.69 Å². The van der Waals surface area contributed by atoms with Crippen molar-refractivity contribution >= 4 is 28.8 Å². The van der Waals surface area contributed by atoms with Crippen LogP contribution >= 0.6 is 11.3 Å². The second-order valence-corrected chi connectivity index (χ2v) is 8.48. The number of benzene rings is 2. The summed E-state index contributed by atoms with van der Waals surface area (Å²) < 4.78 is 5.67. The lowest BCUT2D eigenvalue weighted by atomic mass is 10.0. The van der Waals surface area contributed by atoms with Crippen molar-refractivity contribution in [3.8, 4) is 5.75 Å². The van der Waals surface area contributed by atoms with Crippen molar-refractivity contribution in [2.24, 2.45) is 0 Å². The molecule has 1 aromatic heterocycles. The fourth-order valence-electron chi connectivity index (χ4n) is 3.96. The number of nitrogens with one attached hydrogen (secondary N) is 1. The first-order valence-electron chi connectivity index (χ1n) is 10.8. The normalized spacial score (nSPS) is 15.2. The number of para-hydroxylation sites is 2. The Morgan fingerprint density at radius 1 is 0.969 bits per heavy atom. The minimum absolute atomic E-state index is 0.0611. The third-order valence-corrected chi connectivity index (χ3v) is 6.36. The average molecular weight is 450 g/mol. The van der Waals surface area contributed by atoms with Crippen LogP contribution in [0.2, 0.25) is 0 Å². The van der Waals surface area contributed by atoms with E-state index in [0.717, 1.165) is 10.4 Å². The van der Waals surface area contributed by atoms with Crippen LogP contribution in [0.5, 0.6) is 5.75 Å². The van der Waals surface area contributed by atoms with Gasteiger partial charge in [-0.1, -0.05) is 48.5 Å². The van der Waals surface area contributed by atoms with Gasteiger partial charge in [0.2, 0.25) is 5.91 Å². The molecule has 166 valence electrons. The molecule has 0 bridgehead atoms. The largest absolute Gasteiger partial charge is 0.492 e. The number of anilines is 1. The lowest BCUT2D eigenvalue weighted by Crippen LogP contribution is -2.51. The van der Waals surface area contributed by atoms with E-state index < -0.39 is 6.04 Å². The Balaban J connectivity index is 1.51. The number of hydrogen-bond donors (Lipinski definition) is 1. The van der Waals surface area contributed by atoms with Gasteiger partial charge in [-0.15, -0.1) is 11.3 Å². The fraction of sp³-hybridized carbons (Fsp3) is 0.280. The predicted molar refractivity (Wildman–Crippen MR) is 127 cm³/mol. The molecule has 0 spiro atoms. The molecule has 1 saturated heterocycles. The Morgan fingerprint density at radius 3 is 2.38 bits per heavy atom. The van der Waals surface area contributed by atoms with Crippen molar-refractivity contribution in [2.45, 2.75) is 13.0 Å². The van der Waals surface area contributed by atoms with E-state index >= 15 is 0 Å². The van der Waals surface area contributed by atoms with Crippen molar-refractivity contribution in [3.05, 3.63) is 82.6 Å². The van der Waals surface area contributed by atoms with Gasteiger partial charge in [0.05, 0.1) is 17.2 Å². The number of nitrogens with zero attached hydrogens (tertiary/aromatic N) is 2. The van der Waals surface area contributed by atoms with Crippen LogP contribution in [-0.4, -0.2) is 54.4 Å². The monoisotopic (exact) mass is 449 g/mol. The van der Waals surface area contributed by atoms with Crippen LogP contribution in [0, 0.1) is 0 Å². The first-order chi connectivity index (χ1) is 15.7. The van der Waals surface area contributed by atoms with Crippen LogP contribution in [0.3, 0.4) is 0 Å². The molecule has 32 heavy (non-hydrogen) atoms. The Morgan fingerprint density at radius 2 is 1.69 bits per heavy atom. The van der Waals surface area contributed by atoms with Crippen molar-refractivity contribution in [2.75, 3.05) is 38.1 Å². The lowest BCUT2D eigenvalue weighted by molar-refractivity contribution is -0.122. The zero-order valence-corrected chi connectivity index (χ0v) is 18.9. The molecule has 0 saturated carbocycles. The van der Waals surface area contributed by atoms with Crippen LogP contribution in [0.1, 0.15) is 28.2 Å². The second kappa shape index (κ2) is 10.4. The number of carbonyl (C=O) groups is 2. The number of thiophene rings is 1. The molecule has 2 amide bonds. The molecule has 1 aliphatic rings. The smallest absolute Gasteiger partial charge is 0.264 e. The highest BCUT2D eigenvalue weighted by Crippen LogP contribution is 2.28. The first kappa shape index (κ1) is 22.0. The number of amides is 2. The predicted octanol–water partition coefficient (Wildman–Crippen LogP) is 4.28. The highest BCUT2D eigenvalue weighted by molar-refractivity contribution is 7.12. The maximum absolute atomic E-state index is 13.5. The zero-order chi connectivity index (χ0) is 22.3. The molecule has 0 unspecified atom stereocenters. The summed E-state index contributed by atoms with van der Waals surface area (Å²) in [4.78, 5) is 31.0. The summed E-state index contributed by atoms with van der Waals surface area (Å²) in [6.45, 7) is 4.86. The van der Waals surface area contributed by atoms with Gasteiger partial charge in [0.1, 0.15) is 11.8 Å². The average Bonchev–Trinajstić information content (AvgIpc) is 3.36. The number of piperazine rings is 1. The van der Waals surface area contributed by atoms with Gasteiger partial charge >= 0.3 is 0 Å². The number of ether oxygens (including phenoxy) is 1. The zero-order valence-electron chi connectivity index (χ0n) is 18.1. The molecular formula is C25H27N3O3S. The van der Waals surface area contributed by atoms with E-state index in [1.165, 1.54) is 11.3 Å². The Bertz CT molecular complexity index is 1030. The van der Waals surface area contributed by atoms with Gasteiger partial charge in [-0.25, -0.2) is 0 Å². The van der Waals surface area contributed by atoms with E-state index in [0.29, 0.717) is 44.2 Å². The summed E-state index contributed by atoms with van der Waals surface area (Å²) in [5.74, 6) is 0.605. The lowest BCUT2D eigenvalue weighted by Gasteiger charge is -2.38. The van der Waals surface area contributed by atoms with Crippen molar-refractivity contribution in [3.63, 3.8) is 0 Å². The highest BCUT2D eigenvalue weighted by atomic mass is 32.1. The Hall–Kier alpha value is -3.16. The topological polar surface area (TPSA) is 61.9 Å². The minimum Gasteiger partial charge on any atom is -0.492 e. The van der Waals surface area contributed by atoms with Crippen molar-refractivity contribution < 1.29 is 14.3 Å². The Labute approximate surface area is 192 Å². The van der Waals surface area contributed by atoms with Crippen molar-refractivity contribution in [1.82, 2.24) is 9.80 Å². The molecule has 6 nitrogen and oxygen atoms in total. The molecule has 1 aliphatic heterocycles. The van der Waals surface area contributed by atoms with E-state index in [1.54, 1.807) is 0 Å². The molecule has 1 atom stereocenters. The second-order valence-electron chi connectivity index (χ2n) is 7.54. The first-order valence-corrected chi connectivity index (χ1v) is 11.7. The molecule has 3 aromatic rings. The standard InChI is InChI=1S/C25H27N3O3S/c1-2-31-21-12-7-6-11-20(21)26-24(29)23(19-9-4-3-5-10-19)27-14-16-28(17-15-27)25(30)22-13-8-18-32-22/h3-13,18,23H,2,14-17H2,1H3,(H,26,29)/t23-/m1/s1. The van der Waals surface area contributed by atoms with Gasteiger partial charge in [-0.2, -0.15) is 0 Å². The van der Waals surface area contributed by atoms with Crippen LogP contribution in [0.15, 0.2) is 72.1 Å². The van der Waals surface area contributed by atoms with Crippen molar-refractivity contribution in [1.29, 1.82) is 0 Å². The number of hydrogen-bond acceptors (Lipinski definition) is 5. The summed E-state index contributed by atoms with van der Waals surface area (Å²) in [5, 5.41) is 4.98. The third-order valence-electron chi connectivity index (χ3n) is 5.51. The molecule has 1 fully saturated rings. The van der Waals surface area contributed by atoms with Gasteiger partial charge in [0.25, 0.3) is 5.91 Å². The molecule has 7 heteroatoms. The van der Waals surface area contributed by atoms with E-state index in [4.69, 9.17) is 4.74 Å². The SMILES string of the molecule is CCOc1ccccc1NC(=O)[C@@H](c1ccccc1)N1CCN(C(=O)c2cccs2)CC1. The number of rotatable bonds is 7. The number of carbonyl (C=O) groups excluding carboxylic acids is 2. The fourth-order valence-corrected chi connectivity index (χ4v) is 4.65. The van der Waals surface area contributed by atoms with E-state index in [2.05, 4.69) is 10.2 Å². The maximum atomic E-state index is 13.5. The van der Waals surface area contributed by atoms with Gasteiger partial charge in [-0.05, 0) is 36.1 Å². The van der Waals surface area contributed by atoms with E-state index in [1.807, 2.05) is 83.9 Å². The summed E-state index contributed by atoms with van der Waals surface area (Å²) in [6, 6.07) is 20.5. The van der Waals surface area contributed by atoms with Crippen LogP contribution < -0.4 is 10.1 Å². The summed E-state index contributed by atoms with van der Waals surface area (Å²) in [5.41, 5.74) is 1.59. The van der Waals surface area contributed by atoms with Crippen LogP contribution in [0.25, 0.3) is 0 Å². The van der Waals surface area contributed by atoms with E-state index in [9.17, 15) is 9.59 Å². The molecule has 2 aromatic carbocycles. The third kappa shape index (κ3) is 5.00. The Kier molecular flexibility index (Phi) is 7.19. The summed E-state index contributed by atoms with van der Waals surface area (Å²) in [6.07, 6.45) is 0. The summed E-state index contributed by atoms with van der Waals surface area (Å²) in [7, 11) is 0. The molecular weight excluding hydrogens is 422 g/mol. The summed E-state index contributed by atoms with van der Waals surface area (Å²) >= 11 is 1.46. The van der Waals surface area contributed by atoms with Gasteiger partial charge in [0, 0.05) is 26.2 Å². The molecule has 4 rings (SSSR count).